The summed E-state index contributed by atoms with van der Waals surface area (Å²) in [6.07, 6.45) is 4.69. The van der Waals surface area contributed by atoms with E-state index in [4.69, 9.17) is 5.11 Å². The number of halogens is 1. The Morgan fingerprint density at radius 2 is 2.44 bits per heavy atom. The zero-order valence-corrected chi connectivity index (χ0v) is 11.8. The van der Waals surface area contributed by atoms with Crippen molar-refractivity contribution < 1.29 is 5.11 Å². The fourth-order valence-corrected chi connectivity index (χ4v) is 3.87. The molecule has 90 valence electrons. The maximum atomic E-state index is 8.88. The fraction of sp³-hybridized carbons (Fsp3) is 0.667. The topological polar surface area (TPSA) is 23.5 Å². The highest BCUT2D eigenvalue weighted by atomic mass is 79.9. The number of likely N-dealkylation sites (tertiary alicyclic amines) is 1. The molecule has 1 atom stereocenters. The molecule has 1 fully saturated rings. The van der Waals surface area contributed by atoms with Crippen molar-refractivity contribution >= 4 is 27.3 Å². The van der Waals surface area contributed by atoms with Crippen molar-refractivity contribution in [2.45, 2.75) is 38.3 Å². The number of hydrogen-bond donors (Lipinski definition) is 1. The monoisotopic (exact) mass is 303 g/mol. The molecule has 1 N–H and O–H groups in total. The third-order valence-corrected chi connectivity index (χ3v) is 4.86. The van der Waals surface area contributed by atoms with Gasteiger partial charge < -0.3 is 5.11 Å². The summed E-state index contributed by atoms with van der Waals surface area (Å²) in [6, 6.07) is 2.90. The van der Waals surface area contributed by atoms with Crippen LogP contribution in [-0.4, -0.2) is 29.2 Å². The van der Waals surface area contributed by atoms with E-state index in [9.17, 15) is 0 Å². The molecule has 16 heavy (non-hydrogen) atoms. The van der Waals surface area contributed by atoms with Gasteiger partial charge in [-0.2, -0.15) is 0 Å². The lowest BCUT2D eigenvalue weighted by Gasteiger charge is -2.23. The second kappa shape index (κ2) is 6.15. The SMILES string of the molecule is OCCCC1CCCN1Cc1cc(Br)cs1. The van der Waals surface area contributed by atoms with Gasteiger partial charge >= 0.3 is 0 Å². The van der Waals surface area contributed by atoms with Crippen LogP contribution in [0.1, 0.15) is 30.6 Å². The molecular weight excluding hydrogens is 286 g/mol. The summed E-state index contributed by atoms with van der Waals surface area (Å²) in [5.74, 6) is 0. The molecule has 0 saturated carbocycles. The van der Waals surface area contributed by atoms with Crippen molar-refractivity contribution in [1.29, 1.82) is 0 Å². The van der Waals surface area contributed by atoms with E-state index in [1.165, 1.54) is 28.7 Å². The van der Waals surface area contributed by atoms with Crippen molar-refractivity contribution in [3.05, 3.63) is 20.8 Å². The summed E-state index contributed by atoms with van der Waals surface area (Å²) >= 11 is 5.32. The average Bonchev–Trinajstić information content (AvgIpc) is 2.86. The van der Waals surface area contributed by atoms with E-state index in [0.717, 1.165) is 19.4 Å². The first-order valence-corrected chi connectivity index (χ1v) is 7.54. The minimum Gasteiger partial charge on any atom is -0.396 e. The molecule has 2 nitrogen and oxygen atoms in total. The van der Waals surface area contributed by atoms with Gasteiger partial charge in [0, 0.05) is 33.9 Å². The predicted octanol–water partition coefficient (Wildman–Crippen LogP) is 3.25. The third kappa shape index (κ3) is 3.29. The summed E-state index contributed by atoms with van der Waals surface area (Å²) in [7, 11) is 0. The van der Waals surface area contributed by atoms with Crippen LogP contribution in [0.2, 0.25) is 0 Å². The molecule has 2 rings (SSSR count). The molecular formula is C12H18BrNOS. The Hall–Kier alpha value is 0.1000. The summed E-state index contributed by atoms with van der Waals surface area (Å²) in [5, 5.41) is 11.0. The van der Waals surface area contributed by atoms with Gasteiger partial charge in [0.2, 0.25) is 0 Å². The Balaban J connectivity index is 1.88. The van der Waals surface area contributed by atoms with Crippen molar-refractivity contribution in [1.82, 2.24) is 4.90 Å². The highest BCUT2D eigenvalue weighted by Gasteiger charge is 2.24. The number of rotatable bonds is 5. The first kappa shape index (κ1) is 12.6. The van der Waals surface area contributed by atoms with Crippen LogP contribution < -0.4 is 0 Å². The molecule has 0 spiro atoms. The number of nitrogens with zero attached hydrogens (tertiary/aromatic N) is 1. The molecule has 0 aromatic carbocycles. The molecule has 1 aromatic rings. The Bertz CT molecular complexity index is 329. The molecule has 1 saturated heterocycles. The second-order valence-electron chi connectivity index (χ2n) is 4.36. The summed E-state index contributed by atoms with van der Waals surface area (Å²) in [6.45, 7) is 2.62. The van der Waals surface area contributed by atoms with Crippen molar-refractivity contribution in [3.8, 4) is 0 Å². The minimum absolute atomic E-state index is 0.328. The van der Waals surface area contributed by atoms with Crippen LogP contribution in [0.15, 0.2) is 15.9 Å². The Morgan fingerprint density at radius 3 is 3.12 bits per heavy atom. The van der Waals surface area contributed by atoms with E-state index in [1.807, 2.05) is 11.3 Å². The number of hydrogen-bond acceptors (Lipinski definition) is 3. The van der Waals surface area contributed by atoms with Gasteiger partial charge in [-0.3, -0.25) is 4.90 Å². The molecule has 1 aromatic heterocycles. The molecule has 1 aliphatic heterocycles. The van der Waals surface area contributed by atoms with Crippen molar-refractivity contribution in [2.75, 3.05) is 13.2 Å². The summed E-state index contributed by atoms with van der Waals surface area (Å²) in [4.78, 5) is 4.00. The third-order valence-electron chi connectivity index (χ3n) is 3.18. The van der Waals surface area contributed by atoms with Gasteiger partial charge in [0.15, 0.2) is 0 Å². The summed E-state index contributed by atoms with van der Waals surface area (Å²) < 4.78 is 1.19. The molecule has 1 unspecified atom stereocenters. The first-order chi connectivity index (χ1) is 7.79. The lowest BCUT2D eigenvalue weighted by atomic mass is 10.1. The highest BCUT2D eigenvalue weighted by Crippen LogP contribution is 2.27. The second-order valence-corrected chi connectivity index (χ2v) is 6.28. The van der Waals surface area contributed by atoms with E-state index < -0.39 is 0 Å². The highest BCUT2D eigenvalue weighted by molar-refractivity contribution is 9.10. The summed E-state index contributed by atoms with van der Waals surface area (Å²) in [5.41, 5.74) is 0. The standard InChI is InChI=1S/C12H18BrNOS/c13-10-7-12(16-9-10)8-14-5-1-3-11(14)4-2-6-15/h7,9,11,15H,1-6,8H2. The molecule has 1 aliphatic rings. The molecule has 0 amide bonds. The van der Waals surface area contributed by atoms with E-state index in [-0.39, 0.29) is 0 Å². The van der Waals surface area contributed by atoms with Crippen LogP contribution in [0.25, 0.3) is 0 Å². The zero-order chi connectivity index (χ0) is 11.4. The lowest BCUT2D eigenvalue weighted by molar-refractivity contribution is 0.211. The lowest BCUT2D eigenvalue weighted by Crippen LogP contribution is -2.28. The Kier molecular flexibility index (Phi) is 4.82. The number of thiophene rings is 1. The zero-order valence-electron chi connectivity index (χ0n) is 9.36. The van der Waals surface area contributed by atoms with E-state index in [0.29, 0.717) is 12.6 Å². The number of aliphatic hydroxyl groups is 1. The van der Waals surface area contributed by atoms with Crippen LogP contribution in [-0.2, 0) is 6.54 Å². The van der Waals surface area contributed by atoms with Crippen molar-refractivity contribution in [3.63, 3.8) is 0 Å². The molecule has 2 heterocycles. The predicted molar refractivity (Wildman–Crippen MR) is 71.8 cm³/mol. The van der Waals surface area contributed by atoms with E-state index >= 15 is 0 Å². The average molecular weight is 304 g/mol. The molecule has 0 radical (unpaired) electrons. The van der Waals surface area contributed by atoms with E-state index in [2.05, 4.69) is 32.3 Å². The Morgan fingerprint density at radius 1 is 1.56 bits per heavy atom. The van der Waals surface area contributed by atoms with Gasteiger partial charge in [-0.1, -0.05) is 0 Å². The molecule has 0 bridgehead atoms. The van der Waals surface area contributed by atoms with Gasteiger partial charge in [0.1, 0.15) is 0 Å². The Labute approximate surface area is 109 Å². The van der Waals surface area contributed by atoms with E-state index in [1.54, 1.807) is 0 Å². The minimum atomic E-state index is 0.328. The normalized spacial score (nSPS) is 21.8. The quantitative estimate of drug-likeness (QED) is 0.902. The van der Waals surface area contributed by atoms with Crippen LogP contribution in [0, 0.1) is 0 Å². The first-order valence-electron chi connectivity index (χ1n) is 5.87. The van der Waals surface area contributed by atoms with Gasteiger partial charge in [-0.15, -0.1) is 11.3 Å². The molecule has 4 heteroatoms. The van der Waals surface area contributed by atoms with Gasteiger partial charge in [0.05, 0.1) is 0 Å². The van der Waals surface area contributed by atoms with Crippen LogP contribution >= 0.6 is 27.3 Å². The van der Waals surface area contributed by atoms with Crippen LogP contribution in [0.4, 0.5) is 0 Å². The maximum Gasteiger partial charge on any atom is 0.0431 e. The largest absolute Gasteiger partial charge is 0.396 e. The number of aliphatic hydroxyl groups excluding tert-OH is 1. The van der Waals surface area contributed by atoms with Crippen LogP contribution in [0.3, 0.4) is 0 Å². The van der Waals surface area contributed by atoms with Gasteiger partial charge in [-0.05, 0) is 54.2 Å². The fourth-order valence-electron chi connectivity index (χ4n) is 2.39. The van der Waals surface area contributed by atoms with Gasteiger partial charge in [0.25, 0.3) is 0 Å². The van der Waals surface area contributed by atoms with Crippen LogP contribution in [0.5, 0.6) is 0 Å². The molecule has 0 aliphatic carbocycles. The van der Waals surface area contributed by atoms with Gasteiger partial charge in [-0.25, -0.2) is 0 Å². The van der Waals surface area contributed by atoms with Crippen molar-refractivity contribution in [2.24, 2.45) is 0 Å². The smallest absolute Gasteiger partial charge is 0.0431 e. The maximum absolute atomic E-state index is 8.88.